The summed E-state index contributed by atoms with van der Waals surface area (Å²) in [5.74, 6) is -1.28. The molecule has 2 heterocycles. The first kappa shape index (κ1) is 23.0. The van der Waals surface area contributed by atoms with Crippen molar-refractivity contribution in [1.82, 2.24) is 15.0 Å². The van der Waals surface area contributed by atoms with Crippen LogP contribution in [0, 0.1) is 28.4 Å². The molecule has 0 fully saturated rings. The molecule has 0 amide bonds. The number of para-hydroxylation sites is 2. The van der Waals surface area contributed by atoms with Crippen molar-refractivity contribution in [3.05, 3.63) is 80.8 Å². The van der Waals surface area contributed by atoms with Gasteiger partial charge < -0.3 is 14.8 Å². The van der Waals surface area contributed by atoms with Gasteiger partial charge in [0, 0.05) is 28.1 Å². The van der Waals surface area contributed by atoms with Gasteiger partial charge in [0.05, 0.1) is 21.5 Å². The number of benzene rings is 2. The van der Waals surface area contributed by atoms with E-state index in [0.717, 1.165) is 11.8 Å². The zero-order valence-electron chi connectivity index (χ0n) is 17.5. The quantitative estimate of drug-likeness (QED) is 0.118. The summed E-state index contributed by atoms with van der Waals surface area (Å²) in [5, 5.41) is 33.0. The Morgan fingerprint density at radius 3 is 2.79 bits per heavy atom. The van der Waals surface area contributed by atoms with E-state index in [4.69, 9.17) is 4.74 Å². The second-order valence-corrected chi connectivity index (χ2v) is 9.05. The number of hydrogen-bond donors (Lipinski definition) is 2. The van der Waals surface area contributed by atoms with Gasteiger partial charge in [0.25, 0.3) is 5.69 Å². The molecule has 12 heteroatoms. The predicted molar refractivity (Wildman–Crippen MR) is 126 cm³/mol. The molecule has 2 N–H and O–H groups in total. The van der Waals surface area contributed by atoms with Crippen LogP contribution in [0.5, 0.6) is 0 Å². The largest absolute Gasteiger partial charge is 0.507 e. The third kappa shape index (κ3) is 4.90. The van der Waals surface area contributed by atoms with Crippen LogP contribution in [0.2, 0.25) is 0 Å². The summed E-state index contributed by atoms with van der Waals surface area (Å²) in [6.07, 6.45) is 0. The average molecular weight is 494 g/mol. The normalized spacial score (nSPS) is 11.6. The van der Waals surface area contributed by atoms with Gasteiger partial charge >= 0.3 is 5.97 Å². The second kappa shape index (κ2) is 9.74. The second-order valence-electron chi connectivity index (χ2n) is 6.91. The Balaban J connectivity index is 1.59. The molecule has 0 aliphatic heterocycles. The molecular formula is C22H15N5O5S2. The molecule has 0 atom stereocenters. The first-order valence-electron chi connectivity index (χ1n) is 9.68. The van der Waals surface area contributed by atoms with Crippen LogP contribution in [0.15, 0.2) is 62.8 Å². The fraction of sp³-hybridized carbons (Fsp3) is 0.0909. The fourth-order valence-corrected chi connectivity index (χ4v) is 4.86. The van der Waals surface area contributed by atoms with E-state index in [9.17, 15) is 25.3 Å². The predicted octanol–water partition coefficient (Wildman–Crippen LogP) is 5.04. The smallest absolute Gasteiger partial charge is 0.339 e. The van der Waals surface area contributed by atoms with Gasteiger partial charge in [-0.3, -0.25) is 10.1 Å². The van der Waals surface area contributed by atoms with Crippen molar-refractivity contribution >= 4 is 51.4 Å². The zero-order chi connectivity index (χ0) is 24.2. The van der Waals surface area contributed by atoms with Crippen molar-refractivity contribution in [1.29, 1.82) is 5.26 Å². The van der Waals surface area contributed by atoms with Gasteiger partial charge in [0.15, 0.2) is 15.9 Å². The minimum absolute atomic E-state index is 0.0536. The molecular weight excluding hydrogens is 478 g/mol. The van der Waals surface area contributed by atoms with Gasteiger partial charge in [-0.05, 0) is 25.1 Å². The number of H-pyrrole nitrogens is 1. The number of carbonyl (C=O) groups is 1. The Morgan fingerprint density at radius 1 is 1.32 bits per heavy atom. The van der Waals surface area contributed by atoms with Gasteiger partial charge in [-0.2, -0.15) is 5.26 Å². The molecule has 0 aliphatic rings. The Bertz CT molecular complexity index is 1450. The molecule has 0 unspecified atom stereocenters. The number of aromatic amines is 1. The zero-order valence-corrected chi connectivity index (χ0v) is 19.1. The number of nitro benzene ring substituents is 1. The number of aryl methyl sites for hydroxylation is 1. The number of ether oxygens (including phenoxy) is 1. The van der Waals surface area contributed by atoms with Crippen LogP contribution in [0.4, 0.5) is 5.69 Å². The maximum absolute atomic E-state index is 12.8. The van der Waals surface area contributed by atoms with E-state index in [2.05, 4.69) is 15.0 Å². The summed E-state index contributed by atoms with van der Waals surface area (Å²) < 4.78 is 5.85. The number of thiazole rings is 1. The number of aromatic nitrogens is 3. The molecule has 2 aromatic carbocycles. The SMILES string of the molecule is Cc1csc(Sc2ccc([N+](=O)[O-])cc2C(=O)OC/C(O)=C(\C#N)c2nc3ccccc3[nH]2)n1. The minimum atomic E-state index is -0.895. The number of carbonyl (C=O) groups excluding carboxylic acids is 1. The van der Waals surface area contributed by atoms with Crippen molar-refractivity contribution in [2.75, 3.05) is 6.61 Å². The minimum Gasteiger partial charge on any atom is -0.507 e. The van der Waals surface area contributed by atoms with Crippen LogP contribution in [0.25, 0.3) is 16.6 Å². The van der Waals surface area contributed by atoms with E-state index in [1.165, 1.54) is 35.2 Å². The van der Waals surface area contributed by atoms with Gasteiger partial charge in [-0.25, -0.2) is 14.8 Å². The third-order valence-electron chi connectivity index (χ3n) is 4.56. The maximum atomic E-state index is 12.8. The highest BCUT2D eigenvalue weighted by atomic mass is 32.2. The number of aliphatic hydroxyl groups is 1. The molecule has 0 bridgehead atoms. The molecule has 0 radical (unpaired) electrons. The number of nitrogens with zero attached hydrogens (tertiary/aromatic N) is 4. The third-order valence-corrected chi connectivity index (χ3v) is 6.69. The summed E-state index contributed by atoms with van der Waals surface area (Å²) in [4.78, 5) is 35.3. The average Bonchev–Trinajstić information content (AvgIpc) is 3.43. The lowest BCUT2D eigenvalue weighted by Gasteiger charge is -2.09. The molecule has 0 spiro atoms. The summed E-state index contributed by atoms with van der Waals surface area (Å²) in [5.41, 5.74) is 1.56. The standard InChI is InChI=1S/C22H15N5O5S2/c1-12-11-33-22(24-12)34-19-7-6-13(27(30)31)8-14(19)21(29)32-10-18(28)15(9-23)20-25-16-4-2-3-5-17(16)26-20/h2-8,11,28H,10H2,1H3,(H,25,26)/b18-15-. The van der Waals surface area contributed by atoms with Crippen molar-refractivity contribution < 1.29 is 19.6 Å². The number of rotatable bonds is 7. The van der Waals surface area contributed by atoms with Crippen molar-refractivity contribution in [2.24, 2.45) is 0 Å². The first-order valence-corrected chi connectivity index (χ1v) is 11.4. The number of aliphatic hydroxyl groups excluding tert-OH is 1. The summed E-state index contributed by atoms with van der Waals surface area (Å²) >= 11 is 2.54. The Morgan fingerprint density at radius 2 is 2.12 bits per heavy atom. The summed E-state index contributed by atoms with van der Waals surface area (Å²) in [6, 6.07) is 12.8. The van der Waals surface area contributed by atoms with Crippen molar-refractivity contribution in [2.45, 2.75) is 16.2 Å². The van der Waals surface area contributed by atoms with Gasteiger partial charge in [-0.1, -0.05) is 23.9 Å². The monoisotopic (exact) mass is 493 g/mol. The van der Waals surface area contributed by atoms with E-state index in [-0.39, 0.29) is 22.6 Å². The molecule has 10 nitrogen and oxygen atoms in total. The highest BCUT2D eigenvalue weighted by molar-refractivity contribution is 8.01. The van der Waals surface area contributed by atoms with Gasteiger partial charge in [0.2, 0.25) is 0 Å². The van der Waals surface area contributed by atoms with Crippen LogP contribution in [0.3, 0.4) is 0 Å². The number of allylic oxidation sites excluding steroid dienone is 1. The molecule has 0 saturated carbocycles. The topological polar surface area (TPSA) is 155 Å². The summed E-state index contributed by atoms with van der Waals surface area (Å²) in [7, 11) is 0. The molecule has 2 aromatic heterocycles. The lowest BCUT2D eigenvalue weighted by Crippen LogP contribution is -2.11. The van der Waals surface area contributed by atoms with E-state index < -0.39 is 23.3 Å². The number of imidazole rings is 1. The van der Waals surface area contributed by atoms with Crippen LogP contribution in [-0.2, 0) is 4.74 Å². The number of fused-ring (bicyclic) bond motifs is 1. The first-order chi connectivity index (χ1) is 16.4. The lowest BCUT2D eigenvalue weighted by molar-refractivity contribution is -0.384. The number of nitrogens with one attached hydrogen (secondary N) is 1. The highest BCUT2D eigenvalue weighted by Crippen LogP contribution is 2.34. The van der Waals surface area contributed by atoms with Crippen LogP contribution in [0.1, 0.15) is 21.9 Å². The number of non-ortho nitro benzene ring substituents is 1. The number of nitriles is 1. The Kier molecular flexibility index (Phi) is 6.58. The highest BCUT2D eigenvalue weighted by Gasteiger charge is 2.21. The van der Waals surface area contributed by atoms with E-state index in [1.807, 2.05) is 18.4 Å². The van der Waals surface area contributed by atoms with Crippen molar-refractivity contribution in [3.8, 4) is 6.07 Å². The van der Waals surface area contributed by atoms with Crippen LogP contribution < -0.4 is 0 Å². The number of nitro groups is 1. The van der Waals surface area contributed by atoms with Crippen LogP contribution >= 0.6 is 23.1 Å². The molecule has 4 rings (SSSR count). The number of esters is 1. The van der Waals surface area contributed by atoms with E-state index in [1.54, 1.807) is 24.3 Å². The molecule has 0 aliphatic carbocycles. The Labute approximate surface area is 200 Å². The lowest BCUT2D eigenvalue weighted by atomic mass is 10.2. The van der Waals surface area contributed by atoms with Crippen LogP contribution in [-0.4, -0.2) is 37.6 Å². The molecule has 34 heavy (non-hydrogen) atoms. The fourth-order valence-electron chi connectivity index (χ4n) is 2.96. The molecule has 170 valence electrons. The Hall–Kier alpha value is -4.21. The van der Waals surface area contributed by atoms with E-state index in [0.29, 0.717) is 20.3 Å². The van der Waals surface area contributed by atoms with E-state index >= 15 is 0 Å². The van der Waals surface area contributed by atoms with Crippen molar-refractivity contribution in [3.63, 3.8) is 0 Å². The summed E-state index contributed by atoms with van der Waals surface area (Å²) in [6.45, 7) is 1.21. The maximum Gasteiger partial charge on any atom is 0.339 e. The van der Waals surface area contributed by atoms with Gasteiger partial charge in [-0.15, -0.1) is 11.3 Å². The number of hydrogen-bond acceptors (Lipinski definition) is 10. The molecule has 0 saturated heterocycles. The molecule has 4 aromatic rings. The van der Waals surface area contributed by atoms with Gasteiger partial charge in [0.1, 0.15) is 18.2 Å².